The highest BCUT2D eigenvalue weighted by Crippen LogP contribution is 2.12. The van der Waals surface area contributed by atoms with Gasteiger partial charge in [0.15, 0.2) is 0 Å². The molecular formula is C11H18N2O2. The SMILES string of the molecule is CC(C)(C)OCCOc1ccnc(N)c1. The predicted octanol–water partition coefficient (Wildman–Crippen LogP) is 1.86. The lowest BCUT2D eigenvalue weighted by atomic mass is 10.2. The molecule has 0 unspecified atom stereocenters. The van der Waals surface area contributed by atoms with Crippen LogP contribution in [-0.4, -0.2) is 23.8 Å². The highest BCUT2D eigenvalue weighted by atomic mass is 16.5. The third kappa shape index (κ3) is 5.22. The van der Waals surface area contributed by atoms with Crippen molar-refractivity contribution in [2.24, 2.45) is 0 Å². The third-order valence-electron chi connectivity index (χ3n) is 1.64. The zero-order valence-corrected chi connectivity index (χ0v) is 9.49. The first-order valence-corrected chi connectivity index (χ1v) is 4.96. The van der Waals surface area contributed by atoms with E-state index >= 15 is 0 Å². The van der Waals surface area contributed by atoms with Crippen molar-refractivity contribution in [3.63, 3.8) is 0 Å². The molecule has 0 bridgehead atoms. The van der Waals surface area contributed by atoms with E-state index in [-0.39, 0.29) is 5.60 Å². The van der Waals surface area contributed by atoms with Gasteiger partial charge in [0.05, 0.1) is 12.2 Å². The third-order valence-corrected chi connectivity index (χ3v) is 1.64. The van der Waals surface area contributed by atoms with Crippen molar-refractivity contribution >= 4 is 5.82 Å². The van der Waals surface area contributed by atoms with Gasteiger partial charge in [0, 0.05) is 12.3 Å². The second-order valence-corrected chi connectivity index (χ2v) is 4.23. The second-order valence-electron chi connectivity index (χ2n) is 4.23. The van der Waals surface area contributed by atoms with Gasteiger partial charge in [-0.1, -0.05) is 0 Å². The molecule has 0 fully saturated rings. The number of hydrogen-bond donors (Lipinski definition) is 1. The second kappa shape index (κ2) is 4.98. The summed E-state index contributed by atoms with van der Waals surface area (Å²) in [5, 5.41) is 0. The Kier molecular flexibility index (Phi) is 3.91. The summed E-state index contributed by atoms with van der Waals surface area (Å²) in [6.07, 6.45) is 1.62. The molecule has 0 saturated heterocycles. The van der Waals surface area contributed by atoms with E-state index in [1.54, 1.807) is 18.3 Å². The highest BCUT2D eigenvalue weighted by Gasteiger charge is 2.09. The summed E-state index contributed by atoms with van der Waals surface area (Å²) in [5.74, 6) is 1.18. The zero-order chi connectivity index (χ0) is 11.3. The Morgan fingerprint density at radius 3 is 2.67 bits per heavy atom. The van der Waals surface area contributed by atoms with E-state index in [1.165, 1.54) is 0 Å². The molecule has 15 heavy (non-hydrogen) atoms. The first-order chi connectivity index (χ1) is 6.97. The van der Waals surface area contributed by atoms with Crippen LogP contribution in [0.1, 0.15) is 20.8 Å². The van der Waals surface area contributed by atoms with E-state index in [1.807, 2.05) is 20.8 Å². The van der Waals surface area contributed by atoms with Gasteiger partial charge in [-0.25, -0.2) is 4.98 Å². The molecule has 0 saturated carbocycles. The van der Waals surface area contributed by atoms with Crippen molar-refractivity contribution < 1.29 is 9.47 Å². The highest BCUT2D eigenvalue weighted by molar-refractivity contribution is 5.35. The molecule has 4 heteroatoms. The number of nitrogens with two attached hydrogens (primary N) is 1. The fraction of sp³-hybridized carbons (Fsp3) is 0.545. The summed E-state index contributed by atoms with van der Waals surface area (Å²) in [7, 11) is 0. The molecule has 1 aromatic heterocycles. The minimum absolute atomic E-state index is 0.124. The summed E-state index contributed by atoms with van der Waals surface area (Å²) in [6, 6.07) is 3.46. The van der Waals surface area contributed by atoms with Gasteiger partial charge in [-0.15, -0.1) is 0 Å². The van der Waals surface area contributed by atoms with Gasteiger partial charge in [-0.3, -0.25) is 0 Å². The number of nitrogen functional groups attached to an aromatic ring is 1. The fourth-order valence-corrected chi connectivity index (χ4v) is 1.03. The van der Waals surface area contributed by atoms with Gasteiger partial charge in [-0.05, 0) is 26.8 Å². The zero-order valence-electron chi connectivity index (χ0n) is 9.49. The first-order valence-electron chi connectivity index (χ1n) is 4.96. The minimum Gasteiger partial charge on any atom is -0.491 e. The quantitative estimate of drug-likeness (QED) is 0.771. The van der Waals surface area contributed by atoms with Crippen molar-refractivity contribution in [1.82, 2.24) is 4.98 Å². The van der Waals surface area contributed by atoms with E-state index in [4.69, 9.17) is 15.2 Å². The Labute approximate surface area is 90.4 Å². The maximum absolute atomic E-state index is 5.51. The molecule has 0 aliphatic carbocycles. The number of ether oxygens (including phenoxy) is 2. The van der Waals surface area contributed by atoms with Crippen LogP contribution in [0.15, 0.2) is 18.3 Å². The molecule has 0 aromatic carbocycles. The van der Waals surface area contributed by atoms with Crippen LogP contribution >= 0.6 is 0 Å². The predicted molar refractivity (Wildman–Crippen MR) is 59.8 cm³/mol. The average molecular weight is 210 g/mol. The molecule has 1 rings (SSSR count). The topological polar surface area (TPSA) is 57.4 Å². The van der Waals surface area contributed by atoms with Crippen molar-refractivity contribution in [2.75, 3.05) is 18.9 Å². The number of nitrogens with zero attached hydrogens (tertiary/aromatic N) is 1. The van der Waals surface area contributed by atoms with Gasteiger partial charge >= 0.3 is 0 Å². The summed E-state index contributed by atoms with van der Waals surface area (Å²) >= 11 is 0. The number of rotatable bonds is 4. The summed E-state index contributed by atoms with van der Waals surface area (Å²) in [5.41, 5.74) is 5.39. The number of anilines is 1. The normalized spacial score (nSPS) is 11.4. The van der Waals surface area contributed by atoms with Gasteiger partial charge < -0.3 is 15.2 Å². The van der Waals surface area contributed by atoms with Gasteiger partial charge in [-0.2, -0.15) is 0 Å². The lowest BCUT2D eigenvalue weighted by molar-refractivity contribution is -0.0163. The maximum atomic E-state index is 5.51. The molecule has 1 heterocycles. The lowest BCUT2D eigenvalue weighted by Crippen LogP contribution is -2.22. The minimum atomic E-state index is -0.124. The van der Waals surface area contributed by atoms with Crippen LogP contribution in [-0.2, 0) is 4.74 Å². The standard InChI is InChI=1S/C11H18N2O2/c1-11(2,3)15-7-6-14-9-4-5-13-10(12)8-9/h4-5,8H,6-7H2,1-3H3,(H2,12,13). The molecule has 0 spiro atoms. The summed E-state index contributed by atoms with van der Waals surface area (Å²) in [6.45, 7) is 7.11. The van der Waals surface area contributed by atoms with Crippen molar-refractivity contribution in [1.29, 1.82) is 0 Å². The Hall–Kier alpha value is -1.29. The van der Waals surface area contributed by atoms with Gasteiger partial charge in [0.1, 0.15) is 18.2 Å². The smallest absolute Gasteiger partial charge is 0.126 e. The molecule has 84 valence electrons. The van der Waals surface area contributed by atoms with E-state index in [0.29, 0.717) is 19.0 Å². The molecule has 0 amide bonds. The Balaban J connectivity index is 2.26. The van der Waals surface area contributed by atoms with Crippen LogP contribution < -0.4 is 10.5 Å². The largest absolute Gasteiger partial charge is 0.491 e. The summed E-state index contributed by atoms with van der Waals surface area (Å²) in [4.78, 5) is 3.87. The monoisotopic (exact) mass is 210 g/mol. The lowest BCUT2D eigenvalue weighted by Gasteiger charge is -2.19. The average Bonchev–Trinajstić information content (AvgIpc) is 2.11. The van der Waals surface area contributed by atoms with E-state index in [9.17, 15) is 0 Å². The Bertz CT molecular complexity index is 308. The van der Waals surface area contributed by atoms with Crippen LogP contribution in [0, 0.1) is 0 Å². The van der Waals surface area contributed by atoms with Gasteiger partial charge in [0.2, 0.25) is 0 Å². The number of hydrogen-bond acceptors (Lipinski definition) is 4. The van der Waals surface area contributed by atoms with Crippen LogP contribution in [0.3, 0.4) is 0 Å². The molecule has 2 N–H and O–H groups in total. The van der Waals surface area contributed by atoms with Crippen molar-refractivity contribution in [2.45, 2.75) is 26.4 Å². The van der Waals surface area contributed by atoms with E-state index in [2.05, 4.69) is 4.98 Å². The Morgan fingerprint density at radius 2 is 2.07 bits per heavy atom. The van der Waals surface area contributed by atoms with Gasteiger partial charge in [0.25, 0.3) is 0 Å². The molecule has 0 atom stereocenters. The van der Waals surface area contributed by atoms with Crippen LogP contribution in [0.4, 0.5) is 5.82 Å². The number of aromatic nitrogens is 1. The van der Waals surface area contributed by atoms with Crippen LogP contribution in [0.2, 0.25) is 0 Å². The molecule has 0 radical (unpaired) electrons. The van der Waals surface area contributed by atoms with Crippen LogP contribution in [0.5, 0.6) is 5.75 Å². The Morgan fingerprint density at radius 1 is 1.33 bits per heavy atom. The van der Waals surface area contributed by atoms with Crippen molar-refractivity contribution in [3.8, 4) is 5.75 Å². The molecule has 1 aromatic rings. The van der Waals surface area contributed by atoms with Crippen LogP contribution in [0.25, 0.3) is 0 Å². The molecular weight excluding hydrogens is 192 g/mol. The summed E-state index contributed by atoms with van der Waals surface area (Å²) < 4.78 is 10.9. The van der Waals surface area contributed by atoms with Crippen molar-refractivity contribution in [3.05, 3.63) is 18.3 Å². The first kappa shape index (κ1) is 11.8. The molecule has 0 aliphatic rings. The number of pyridine rings is 1. The molecule has 0 aliphatic heterocycles. The maximum Gasteiger partial charge on any atom is 0.126 e. The fourth-order valence-electron chi connectivity index (χ4n) is 1.03. The molecule has 4 nitrogen and oxygen atoms in total. The van der Waals surface area contributed by atoms with E-state index < -0.39 is 0 Å². The van der Waals surface area contributed by atoms with E-state index in [0.717, 1.165) is 5.75 Å².